The molecule has 2 aromatic rings. The summed E-state index contributed by atoms with van der Waals surface area (Å²) in [6.45, 7) is 4.18. The Hall–Kier alpha value is -1.14. The van der Waals surface area contributed by atoms with Crippen molar-refractivity contribution >= 4 is 15.9 Å². The Morgan fingerprint density at radius 1 is 1.33 bits per heavy atom. The van der Waals surface area contributed by atoms with Crippen LogP contribution in [0.2, 0.25) is 0 Å². The molecule has 0 bridgehead atoms. The number of aryl methyl sites for hydroxylation is 1. The summed E-state index contributed by atoms with van der Waals surface area (Å²) in [5.41, 5.74) is 0.790. The van der Waals surface area contributed by atoms with Crippen molar-refractivity contribution in [3.63, 3.8) is 0 Å². The average Bonchev–Trinajstić information content (AvgIpc) is 2.97. The third kappa shape index (κ3) is 3.43. The largest absolute Gasteiger partial charge is 0.457 e. The highest BCUT2D eigenvalue weighted by molar-refractivity contribution is 9.10. The van der Waals surface area contributed by atoms with E-state index in [1.807, 2.05) is 0 Å². The zero-order chi connectivity index (χ0) is 12.8. The summed E-state index contributed by atoms with van der Waals surface area (Å²) in [7, 11) is 0. The average molecular weight is 314 g/mol. The van der Waals surface area contributed by atoms with Gasteiger partial charge >= 0.3 is 0 Å². The van der Waals surface area contributed by atoms with Crippen LogP contribution in [0.1, 0.15) is 25.7 Å². The normalized spacial score (nSPS) is 11.0. The van der Waals surface area contributed by atoms with Gasteiger partial charge in [0, 0.05) is 6.42 Å². The summed E-state index contributed by atoms with van der Waals surface area (Å²) >= 11 is 3.29. The molecule has 5 nitrogen and oxygen atoms in total. The van der Waals surface area contributed by atoms with Crippen LogP contribution in [0.25, 0.3) is 11.5 Å². The fraction of sp³-hybridized carbons (Fsp3) is 0.500. The number of hydrogen-bond acceptors (Lipinski definition) is 5. The second-order valence-electron chi connectivity index (χ2n) is 3.96. The lowest BCUT2D eigenvalue weighted by molar-refractivity contribution is 0.488. The molecule has 0 saturated carbocycles. The summed E-state index contributed by atoms with van der Waals surface area (Å²) in [6.07, 6.45) is 4.52. The number of halogens is 1. The zero-order valence-electron chi connectivity index (χ0n) is 10.3. The molecule has 0 aliphatic carbocycles. The molecule has 0 spiro atoms. The summed E-state index contributed by atoms with van der Waals surface area (Å²) in [5, 5.41) is 11.4. The van der Waals surface area contributed by atoms with Crippen LogP contribution < -0.4 is 5.32 Å². The third-order valence-corrected chi connectivity index (χ3v) is 3.10. The topological polar surface area (TPSA) is 64.1 Å². The van der Waals surface area contributed by atoms with Crippen LogP contribution in [-0.4, -0.2) is 23.3 Å². The molecule has 0 saturated heterocycles. The van der Waals surface area contributed by atoms with E-state index in [0.717, 1.165) is 37.9 Å². The van der Waals surface area contributed by atoms with Crippen molar-refractivity contribution in [1.82, 2.24) is 15.5 Å². The second-order valence-corrected chi connectivity index (χ2v) is 4.68. The Balaban J connectivity index is 1.85. The van der Waals surface area contributed by atoms with Crippen LogP contribution in [0.5, 0.6) is 0 Å². The van der Waals surface area contributed by atoms with Crippen molar-refractivity contribution in [2.24, 2.45) is 0 Å². The van der Waals surface area contributed by atoms with E-state index in [4.69, 9.17) is 8.83 Å². The van der Waals surface area contributed by atoms with Crippen molar-refractivity contribution in [2.75, 3.05) is 13.1 Å². The fourth-order valence-corrected chi connectivity index (χ4v) is 1.99. The molecule has 6 heteroatoms. The summed E-state index contributed by atoms with van der Waals surface area (Å²) in [5.74, 6) is 1.16. The maximum Gasteiger partial charge on any atom is 0.252 e. The van der Waals surface area contributed by atoms with Gasteiger partial charge in [-0.05, 0) is 47.9 Å². The first-order valence-electron chi connectivity index (χ1n) is 6.07. The van der Waals surface area contributed by atoms with Gasteiger partial charge in [0.1, 0.15) is 0 Å². The van der Waals surface area contributed by atoms with Crippen LogP contribution >= 0.6 is 15.9 Å². The van der Waals surface area contributed by atoms with Gasteiger partial charge in [0.2, 0.25) is 5.89 Å². The fourth-order valence-electron chi connectivity index (χ4n) is 1.58. The van der Waals surface area contributed by atoms with E-state index in [2.05, 4.69) is 38.4 Å². The molecule has 2 aromatic heterocycles. The van der Waals surface area contributed by atoms with Gasteiger partial charge in [0.15, 0.2) is 4.67 Å². The van der Waals surface area contributed by atoms with Crippen LogP contribution in [0.3, 0.4) is 0 Å². The van der Waals surface area contributed by atoms with E-state index in [0.29, 0.717) is 16.5 Å². The van der Waals surface area contributed by atoms with Crippen molar-refractivity contribution in [1.29, 1.82) is 0 Å². The maximum atomic E-state index is 5.58. The van der Waals surface area contributed by atoms with Gasteiger partial charge in [0.25, 0.3) is 5.89 Å². The van der Waals surface area contributed by atoms with E-state index in [9.17, 15) is 0 Å². The summed E-state index contributed by atoms with van der Waals surface area (Å²) in [6, 6.07) is 1.80. The molecule has 0 unspecified atom stereocenters. The first-order valence-corrected chi connectivity index (χ1v) is 6.87. The summed E-state index contributed by atoms with van der Waals surface area (Å²) < 4.78 is 11.3. The predicted octanol–water partition coefficient (Wildman–Crippen LogP) is 3.02. The van der Waals surface area contributed by atoms with E-state index in [-0.39, 0.29) is 0 Å². The van der Waals surface area contributed by atoms with Crippen molar-refractivity contribution in [2.45, 2.75) is 26.2 Å². The number of nitrogens with one attached hydrogen (secondary N) is 1. The molecule has 0 fully saturated rings. The number of furan rings is 1. The molecule has 18 heavy (non-hydrogen) atoms. The van der Waals surface area contributed by atoms with Gasteiger partial charge in [-0.15, -0.1) is 10.2 Å². The maximum absolute atomic E-state index is 5.58. The van der Waals surface area contributed by atoms with Gasteiger partial charge in [-0.1, -0.05) is 6.92 Å². The second kappa shape index (κ2) is 6.70. The predicted molar refractivity (Wildman–Crippen MR) is 71.2 cm³/mol. The quantitative estimate of drug-likeness (QED) is 0.796. The Bertz CT molecular complexity index is 481. The minimum Gasteiger partial charge on any atom is -0.457 e. The van der Waals surface area contributed by atoms with E-state index >= 15 is 0 Å². The van der Waals surface area contributed by atoms with Crippen molar-refractivity contribution in [3.8, 4) is 11.5 Å². The van der Waals surface area contributed by atoms with Crippen LogP contribution in [0.15, 0.2) is 25.8 Å². The molecule has 0 radical (unpaired) electrons. The van der Waals surface area contributed by atoms with Gasteiger partial charge in [-0.25, -0.2) is 0 Å². The Morgan fingerprint density at radius 2 is 2.22 bits per heavy atom. The Labute approximate surface area is 114 Å². The van der Waals surface area contributed by atoms with Gasteiger partial charge < -0.3 is 14.2 Å². The molecule has 1 N–H and O–H groups in total. The molecular formula is C12H16BrN3O2. The monoisotopic (exact) mass is 313 g/mol. The molecular weight excluding hydrogens is 298 g/mol. The van der Waals surface area contributed by atoms with Crippen LogP contribution in [0.4, 0.5) is 0 Å². The minimum absolute atomic E-state index is 0.493. The number of nitrogens with zero attached hydrogens (tertiary/aromatic N) is 2. The number of rotatable bonds is 7. The first-order chi connectivity index (χ1) is 8.81. The SMILES string of the molecule is CCCNCCCc1nnc(-c2ccoc2Br)o1. The van der Waals surface area contributed by atoms with Crippen molar-refractivity contribution < 1.29 is 8.83 Å². The minimum atomic E-state index is 0.493. The molecule has 0 atom stereocenters. The number of aromatic nitrogens is 2. The van der Waals surface area contributed by atoms with Gasteiger partial charge in [-0.3, -0.25) is 0 Å². The van der Waals surface area contributed by atoms with Crippen LogP contribution in [-0.2, 0) is 6.42 Å². The van der Waals surface area contributed by atoms with Crippen LogP contribution in [0, 0.1) is 0 Å². The highest BCUT2D eigenvalue weighted by Crippen LogP contribution is 2.28. The summed E-state index contributed by atoms with van der Waals surface area (Å²) in [4.78, 5) is 0. The lowest BCUT2D eigenvalue weighted by Gasteiger charge is -1.99. The molecule has 2 rings (SSSR count). The van der Waals surface area contributed by atoms with Crippen molar-refractivity contribution in [3.05, 3.63) is 22.9 Å². The standard InChI is InChI=1S/C12H16BrN3O2/c1-2-6-14-7-3-4-10-15-16-12(18-10)9-5-8-17-11(9)13/h5,8,14H,2-4,6-7H2,1H3. The first kappa shape index (κ1) is 13.3. The molecule has 0 aromatic carbocycles. The third-order valence-electron chi connectivity index (χ3n) is 2.49. The number of hydrogen-bond donors (Lipinski definition) is 1. The van der Waals surface area contributed by atoms with E-state index in [1.54, 1.807) is 12.3 Å². The smallest absolute Gasteiger partial charge is 0.252 e. The van der Waals surface area contributed by atoms with Gasteiger partial charge in [-0.2, -0.15) is 0 Å². The zero-order valence-corrected chi connectivity index (χ0v) is 11.9. The Morgan fingerprint density at radius 3 is 2.94 bits per heavy atom. The molecule has 0 amide bonds. The lowest BCUT2D eigenvalue weighted by Crippen LogP contribution is -2.16. The van der Waals surface area contributed by atoms with Gasteiger partial charge in [0.05, 0.1) is 11.8 Å². The lowest BCUT2D eigenvalue weighted by atomic mass is 10.3. The highest BCUT2D eigenvalue weighted by atomic mass is 79.9. The van der Waals surface area contributed by atoms with E-state index < -0.39 is 0 Å². The molecule has 0 aliphatic heterocycles. The highest BCUT2D eigenvalue weighted by Gasteiger charge is 2.13. The molecule has 98 valence electrons. The molecule has 0 aliphatic rings. The Kier molecular flexibility index (Phi) is 4.95. The van der Waals surface area contributed by atoms with E-state index in [1.165, 1.54) is 0 Å². The molecule has 2 heterocycles.